The largest absolute Gasteiger partial charge is 0.356 e. The second-order valence-electron chi connectivity index (χ2n) is 8.90. The summed E-state index contributed by atoms with van der Waals surface area (Å²) < 4.78 is 0. The molecule has 3 aliphatic carbocycles. The Balaban J connectivity index is 1.64. The molecule has 1 aromatic carbocycles. The molecule has 1 unspecified atom stereocenters. The van der Waals surface area contributed by atoms with Gasteiger partial charge in [0.15, 0.2) is 0 Å². The molecule has 3 aliphatic rings. The Bertz CT molecular complexity index is 855. The minimum Gasteiger partial charge on any atom is -0.356 e. The first-order valence-electron chi connectivity index (χ1n) is 10.9. The molecule has 3 nitrogen and oxygen atoms in total. The van der Waals surface area contributed by atoms with Crippen molar-refractivity contribution in [3.63, 3.8) is 0 Å². The van der Waals surface area contributed by atoms with Gasteiger partial charge in [0.25, 0.3) is 0 Å². The summed E-state index contributed by atoms with van der Waals surface area (Å²) in [6, 6.07) is 9.09. The van der Waals surface area contributed by atoms with E-state index in [4.69, 9.17) is 9.97 Å². The Morgan fingerprint density at radius 3 is 2.78 bits per heavy atom. The molecule has 0 aliphatic heterocycles. The fraction of sp³-hybridized carbons (Fsp3) is 0.583. The van der Waals surface area contributed by atoms with E-state index in [1.54, 1.807) is 5.56 Å². The van der Waals surface area contributed by atoms with Crippen LogP contribution in [0.25, 0.3) is 0 Å². The number of rotatable bonds is 5. The maximum absolute atomic E-state index is 5.11. The van der Waals surface area contributed by atoms with E-state index in [9.17, 15) is 0 Å². The lowest BCUT2D eigenvalue weighted by atomic mass is 9.69. The molecular weight excluding hydrogens is 330 g/mol. The van der Waals surface area contributed by atoms with Crippen molar-refractivity contribution in [3.8, 4) is 0 Å². The number of hydrogen-bond acceptors (Lipinski definition) is 3. The van der Waals surface area contributed by atoms with Gasteiger partial charge in [0.05, 0.1) is 5.69 Å². The smallest absolute Gasteiger partial charge is 0.135 e. The molecule has 0 N–H and O–H groups in total. The highest BCUT2D eigenvalue weighted by atomic mass is 15.2. The molecule has 2 aromatic rings. The normalized spacial score (nSPS) is 23.3. The monoisotopic (exact) mass is 361 g/mol. The Morgan fingerprint density at radius 1 is 1.11 bits per heavy atom. The predicted molar refractivity (Wildman–Crippen MR) is 110 cm³/mol. The molecule has 1 aromatic heterocycles. The predicted octanol–water partition coefficient (Wildman–Crippen LogP) is 4.98. The molecule has 3 heteroatoms. The number of hydrogen-bond donors (Lipinski definition) is 0. The highest BCUT2D eigenvalue weighted by molar-refractivity contribution is 5.57. The van der Waals surface area contributed by atoms with Crippen LogP contribution >= 0.6 is 0 Å². The van der Waals surface area contributed by atoms with Gasteiger partial charge in [-0.2, -0.15) is 0 Å². The van der Waals surface area contributed by atoms with Crippen molar-refractivity contribution in [2.24, 2.45) is 5.92 Å². The maximum Gasteiger partial charge on any atom is 0.135 e. The molecule has 0 radical (unpaired) electrons. The lowest BCUT2D eigenvalue weighted by Gasteiger charge is -2.38. The topological polar surface area (TPSA) is 29.0 Å². The number of aryl methyl sites for hydroxylation is 2. The third kappa shape index (κ3) is 2.86. The third-order valence-corrected chi connectivity index (χ3v) is 6.90. The van der Waals surface area contributed by atoms with Crippen molar-refractivity contribution in [1.82, 2.24) is 9.97 Å². The molecule has 0 bridgehead atoms. The highest BCUT2D eigenvalue weighted by Gasteiger charge is 2.45. The number of anilines is 1. The van der Waals surface area contributed by atoms with Crippen LogP contribution in [0, 0.1) is 12.8 Å². The molecule has 0 amide bonds. The molecule has 0 saturated heterocycles. The number of nitrogens with zero attached hydrogens (tertiary/aromatic N) is 3. The third-order valence-electron chi connectivity index (χ3n) is 6.90. The van der Waals surface area contributed by atoms with E-state index in [0.29, 0.717) is 0 Å². The standard InChI is InChI=1S/C24H31N3/c1-3-15-27(16-18-10-11-18)23-20-8-6-13-24(22(20)25-17(2)26-23)14-12-19-7-4-5-9-21(19)24/h4-5,7,9,18H,3,6,8,10-16H2,1-2H3. The Kier molecular flexibility index (Phi) is 4.22. The second-order valence-corrected chi connectivity index (χ2v) is 8.90. The lowest BCUT2D eigenvalue weighted by Crippen LogP contribution is -2.35. The maximum atomic E-state index is 5.11. The van der Waals surface area contributed by atoms with Gasteiger partial charge < -0.3 is 4.90 Å². The molecular formula is C24H31N3. The van der Waals surface area contributed by atoms with E-state index in [0.717, 1.165) is 24.7 Å². The Labute approximate surface area is 163 Å². The molecule has 5 rings (SSSR count). The molecule has 27 heavy (non-hydrogen) atoms. The van der Waals surface area contributed by atoms with Crippen molar-refractivity contribution in [1.29, 1.82) is 0 Å². The van der Waals surface area contributed by atoms with Crippen molar-refractivity contribution < 1.29 is 0 Å². The summed E-state index contributed by atoms with van der Waals surface area (Å²) in [6.45, 7) is 6.67. The molecule has 1 spiro atoms. The molecule has 1 atom stereocenters. The first-order chi connectivity index (χ1) is 13.2. The van der Waals surface area contributed by atoms with Crippen molar-refractivity contribution in [3.05, 3.63) is 52.5 Å². The molecule has 1 saturated carbocycles. The van der Waals surface area contributed by atoms with E-state index in [1.807, 2.05) is 0 Å². The van der Waals surface area contributed by atoms with Crippen LogP contribution in [-0.4, -0.2) is 23.1 Å². The summed E-state index contributed by atoms with van der Waals surface area (Å²) in [7, 11) is 0. The van der Waals surface area contributed by atoms with Crippen LogP contribution in [0.2, 0.25) is 0 Å². The van der Waals surface area contributed by atoms with Crippen molar-refractivity contribution in [2.75, 3.05) is 18.0 Å². The zero-order valence-corrected chi connectivity index (χ0v) is 16.8. The van der Waals surface area contributed by atoms with Gasteiger partial charge in [0.2, 0.25) is 0 Å². The number of benzene rings is 1. The van der Waals surface area contributed by atoms with E-state index in [2.05, 4.69) is 43.0 Å². The van der Waals surface area contributed by atoms with Crippen molar-refractivity contribution >= 4 is 5.82 Å². The fourth-order valence-electron chi connectivity index (χ4n) is 5.51. The van der Waals surface area contributed by atoms with Gasteiger partial charge in [-0.3, -0.25) is 0 Å². The fourth-order valence-corrected chi connectivity index (χ4v) is 5.51. The summed E-state index contributed by atoms with van der Waals surface area (Å²) in [5.74, 6) is 3.09. The number of fused-ring (bicyclic) bond motifs is 4. The minimum atomic E-state index is 0.129. The average molecular weight is 362 g/mol. The van der Waals surface area contributed by atoms with Gasteiger partial charge in [-0.25, -0.2) is 9.97 Å². The van der Waals surface area contributed by atoms with Crippen LogP contribution in [-0.2, 0) is 18.3 Å². The van der Waals surface area contributed by atoms with E-state index in [-0.39, 0.29) is 5.41 Å². The van der Waals surface area contributed by atoms with Crippen LogP contribution in [0.4, 0.5) is 5.82 Å². The van der Waals surface area contributed by atoms with Crippen LogP contribution in [0.15, 0.2) is 24.3 Å². The van der Waals surface area contributed by atoms with Gasteiger partial charge in [-0.15, -0.1) is 0 Å². The Hall–Kier alpha value is -1.90. The first kappa shape index (κ1) is 17.2. The molecule has 1 heterocycles. The number of aromatic nitrogens is 2. The minimum absolute atomic E-state index is 0.129. The summed E-state index contributed by atoms with van der Waals surface area (Å²) in [4.78, 5) is 12.7. The van der Waals surface area contributed by atoms with E-state index < -0.39 is 0 Å². The van der Waals surface area contributed by atoms with Crippen LogP contribution in [0.1, 0.15) is 73.7 Å². The van der Waals surface area contributed by atoms with Gasteiger partial charge in [-0.05, 0) is 75.3 Å². The zero-order valence-electron chi connectivity index (χ0n) is 16.8. The van der Waals surface area contributed by atoms with Crippen LogP contribution in [0.3, 0.4) is 0 Å². The summed E-state index contributed by atoms with van der Waals surface area (Å²) >= 11 is 0. The van der Waals surface area contributed by atoms with E-state index in [1.165, 1.54) is 74.1 Å². The van der Waals surface area contributed by atoms with Gasteiger partial charge >= 0.3 is 0 Å². The van der Waals surface area contributed by atoms with Crippen LogP contribution in [0.5, 0.6) is 0 Å². The highest BCUT2D eigenvalue weighted by Crippen LogP contribution is 2.51. The summed E-state index contributed by atoms with van der Waals surface area (Å²) in [6.07, 6.45) is 10.00. The molecule has 1 fully saturated rings. The quantitative estimate of drug-likeness (QED) is 0.752. The lowest BCUT2D eigenvalue weighted by molar-refractivity contribution is 0.409. The van der Waals surface area contributed by atoms with Gasteiger partial charge in [0, 0.05) is 24.1 Å². The van der Waals surface area contributed by atoms with E-state index >= 15 is 0 Å². The second kappa shape index (κ2) is 6.61. The average Bonchev–Trinajstić information content (AvgIpc) is 3.43. The van der Waals surface area contributed by atoms with Gasteiger partial charge in [-0.1, -0.05) is 31.2 Å². The summed E-state index contributed by atoms with van der Waals surface area (Å²) in [5, 5.41) is 0. The SMILES string of the molecule is CCCN(CC1CC1)c1nc(C)nc2c1CCCC21CCc2ccccc21. The summed E-state index contributed by atoms with van der Waals surface area (Å²) in [5.41, 5.74) is 6.02. The zero-order chi connectivity index (χ0) is 18.4. The van der Waals surface area contributed by atoms with Crippen LogP contribution < -0.4 is 4.90 Å². The van der Waals surface area contributed by atoms with Crippen molar-refractivity contribution in [2.45, 2.75) is 70.6 Å². The molecule has 142 valence electrons. The first-order valence-corrected chi connectivity index (χ1v) is 10.9. The Morgan fingerprint density at radius 2 is 1.96 bits per heavy atom. The van der Waals surface area contributed by atoms with Gasteiger partial charge in [0.1, 0.15) is 11.6 Å².